The maximum absolute atomic E-state index is 12.9. The molecule has 9 nitrogen and oxygen atoms in total. The van der Waals surface area contributed by atoms with Gasteiger partial charge in [-0.25, -0.2) is 4.68 Å². The molecular weight excluding hydrogens is 400 g/mol. The monoisotopic (exact) mass is 424 g/mol. The maximum atomic E-state index is 12.9. The molecule has 0 aliphatic carbocycles. The van der Waals surface area contributed by atoms with Crippen molar-refractivity contribution < 1.29 is 18.7 Å². The number of aryl methyl sites for hydroxylation is 2. The van der Waals surface area contributed by atoms with Crippen molar-refractivity contribution >= 4 is 28.2 Å². The van der Waals surface area contributed by atoms with E-state index in [9.17, 15) is 9.59 Å². The molecule has 0 bridgehead atoms. The zero-order chi connectivity index (χ0) is 22.0. The van der Waals surface area contributed by atoms with Crippen LogP contribution in [0.2, 0.25) is 0 Å². The lowest BCUT2D eigenvalue weighted by atomic mass is 10.2. The maximum Gasteiger partial charge on any atom is 0.291 e. The molecule has 0 saturated heterocycles. The van der Waals surface area contributed by atoms with Crippen LogP contribution in [-0.4, -0.2) is 34.3 Å². The molecule has 9 heteroatoms. The van der Waals surface area contributed by atoms with Gasteiger partial charge in [0.25, 0.3) is 5.56 Å². The van der Waals surface area contributed by atoms with E-state index in [-0.39, 0.29) is 17.9 Å². The van der Waals surface area contributed by atoms with E-state index < -0.39 is 0 Å². The SMILES string of the molecule is CCc1nn(CCCC(=O)Nc2ccc(OC)c(OC)c2)c(=O)c2cc3occc3n12. The molecule has 0 aliphatic rings. The second kappa shape index (κ2) is 8.55. The number of benzene rings is 1. The average molecular weight is 424 g/mol. The second-order valence-electron chi connectivity index (χ2n) is 7.05. The number of furan rings is 1. The number of fused-ring (bicyclic) bond motifs is 3. The van der Waals surface area contributed by atoms with Crippen LogP contribution in [0.1, 0.15) is 25.6 Å². The molecule has 162 valence electrons. The highest BCUT2D eigenvalue weighted by molar-refractivity contribution is 5.91. The fourth-order valence-electron chi connectivity index (χ4n) is 3.63. The van der Waals surface area contributed by atoms with E-state index in [0.29, 0.717) is 47.7 Å². The van der Waals surface area contributed by atoms with Gasteiger partial charge in [-0.05, 0) is 18.6 Å². The molecule has 4 aromatic rings. The number of nitrogens with zero attached hydrogens (tertiary/aromatic N) is 3. The molecule has 0 spiro atoms. The van der Waals surface area contributed by atoms with Crippen LogP contribution >= 0.6 is 0 Å². The van der Waals surface area contributed by atoms with Gasteiger partial charge >= 0.3 is 0 Å². The molecule has 3 heterocycles. The number of rotatable bonds is 8. The van der Waals surface area contributed by atoms with Crippen molar-refractivity contribution in [1.82, 2.24) is 14.2 Å². The second-order valence-corrected chi connectivity index (χ2v) is 7.05. The summed E-state index contributed by atoms with van der Waals surface area (Å²) in [4.78, 5) is 25.2. The van der Waals surface area contributed by atoms with E-state index in [1.165, 1.54) is 11.8 Å². The number of hydrogen-bond acceptors (Lipinski definition) is 6. The van der Waals surface area contributed by atoms with Gasteiger partial charge in [-0.2, -0.15) is 5.10 Å². The molecule has 0 saturated carbocycles. The van der Waals surface area contributed by atoms with Crippen molar-refractivity contribution in [2.45, 2.75) is 32.7 Å². The van der Waals surface area contributed by atoms with Crippen molar-refractivity contribution in [3.05, 3.63) is 52.8 Å². The number of aromatic nitrogens is 3. The van der Waals surface area contributed by atoms with E-state index >= 15 is 0 Å². The molecule has 1 amide bonds. The normalized spacial score (nSPS) is 11.2. The fraction of sp³-hybridized carbons (Fsp3) is 0.318. The van der Waals surface area contributed by atoms with Gasteiger partial charge in [0.15, 0.2) is 17.1 Å². The largest absolute Gasteiger partial charge is 0.493 e. The number of carbonyl (C=O) groups excluding carboxylic acids is 1. The number of amides is 1. The first-order chi connectivity index (χ1) is 15.0. The quantitative estimate of drug-likeness (QED) is 0.466. The summed E-state index contributed by atoms with van der Waals surface area (Å²) in [6, 6.07) is 8.74. The van der Waals surface area contributed by atoms with Crippen molar-refractivity contribution in [3.8, 4) is 11.5 Å². The third-order valence-corrected chi connectivity index (χ3v) is 5.13. The number of anilines is 1. The fourth-order valence-corrected chi connectivity index (χ4v) is 3.63. The van der Waals surface area contributed by atoms with Gasteiger partial charge in [0, 0.05) is 43.3 Å². The Morgan fingerprint density at radius 1 is 1.13 bits per heavy atom. The van der Waals surface area contributed by atoms with Gasteiger partial charge in [-0.1, -0.05) is 6.92 Å². The highest BCUT2D eigenvalue weighted by atomic mass is 16.5. The van der Waals surface area contributed by atoms with E-state index in [1.54, 1.807) is 37.6 Å². The van der Waals surface area contributed by atoms with Crippen LogP contribution in [0.5, 0.6) is 11.5 Å². The standard InChI is InChI=1S/C22H24N4O5/c1-4-20-24-25(22(28)16-13-18-15(26(16)20)9-11-31-18)10-5-6-21(27)23-14-7-8-17(29-2)19(12-14)30-3/h7-9,11-13H,4-6,10H2,1-3H3,(H,23,27). The molecule has 0 fully saturated rings. The molecule has 0 radical (unpaired) electrons. The number of carbonyl (C=O) groups is 1. The highest BCUT2D eigenvalue weighted by Gasteiger charge is 2.15. The van der Waals surface area contributed by atoms with Crippen molar-refractivity contribution in [2.75, 3.05) is 19.5 Å². The predicted molar refractivity (Wildman–Crippen MR) is 116 cm³/mol. The molecule has 0 unspecified atom stereocenters. The lowest BCUT2D eigenvalue weighted by molar-refractivity contribution is -0.116. The first-order valence-electron chi connectivity index (χ1n) is 10.1. The molecular formula is C22H24N4O5. The molecule has 1 aromatic carbocycles. The van der Waals surface area contributed by atoms with Crippen LogP contribution in [0.15, 0.2) is 45.8 Å². The summed E-state index contributed by atoms with van der Waals surface area (Å²) in [5.41, 5.74) is 2.42. The number of ether oxygens (including phenoxy) is 2. The molecule has 0 aliphatic heterocycles. The summed E-state index contributed by atoms with van der Waals surface area (Å²) in [6.45, 7) is 2.33. The number of nitrogens with one attached hydrogen (secondary N) is 1. The summed E-state index contributed by atoms with van der Waals surface area (Å²) < 4.78 is 19.1. The van der Waals surface area contributed by atoms with Crippen molar-refractivity contribution in [1.29, 1.82) is 0 Å². The van der Waals surface area contributed by atoms with Crippen LogP contribution in [0.4, 0.5) is 5.69 Å². The average Bonchev–Trinajstić information content (AvgIpc) is 3.37. The molecule has 0 atom stereocenters. The molecule has 31 heavy (non-hydrogen) atoms. The van der Waals surface area contributed by atoms with Gasteiger partial charge in [0.05, 0.1) is 26.0 Å². The van der Waals surface area contributed by atoms with Crippen molar-refractivity contribution in [2.24, 2.45) is 0 Å². The van der Waals surface area contributed by atoms with Gasteiger partial charge in [0.2, 0.25) is 5.91 Å². The van der Waals surface area contributed by atoms with Gasteiger partial charge in [-0.3, -0.25) is 14.0 Å². The van der Waals surface area contributed by atoms with Gasteiger partial charge < -0.3 is 19.2 Å². The Balaban J connectivity index is 1.45. The van der Waals surface area contributed by atoms with E-state index in [2.05, 4.69) is 10.4 Å². The van der Waals surface area contributed by atoms with E-state index in [1.807, 2.05) is 17.4 Å². The van der Waals surface area contributed by atoms with Crippen LogP contribution in [0, 0.1) is 0 Å². The van der Waals surface area contributed by atoms with Crippen LogP contribution < -0.4 is 20.3 Å². The Kier molecular flexibility index (Phi) is 5.66. The van der Waals surface area contributed by atoms with Crippen molar-refractivity contribution in [3.63, 3.8) is 0 Å². The van der Waals surface area contributed by atoms with Crippen LogP contribution in [0.25, 0.3) is 16.6 Å². The van der Waals surface area contributed by atoms with Gasteiger partial charge in [0.1, 0.15) is 11.3 Å². The minimum Gasteiger partial charge on any atom is -0.493 e. The lowest BCUT2D eigenvalue weighted by Gasteiger charge is -2.11. The Bertz CT molecular complexity index is 1300. The Morgan fingerprint density at radius 3 is 2.68 bits per heavy atom. The lowest BCUT2D eigenvalue weighted by Crippen LogP contribution is -2.27. The minimum absolute atomic E-state index is 0.155. The number of methoxy groups -OCH3 is 2. The van der Waals surface area contributed by atoms with E-state index in [4.69, 9.17) is 13.9 Å². The smallest absolute Gasteiger partial charge is 0.291 e. The summed E-state index contributed by atoms with van der Waals surface area (Å²) in [6.07, 6.45) is 2.98. The summed E-state index contributed by atoms with van der Waals surface area (Å²) in [5.74, 6) is 1.73. The zero-order valence-corrected chi connectivity index (χ0v) is 17.7. The summed E-state index contributed by atoms with van der Waals surface area (Å²) >= 11 is 0. The third kappa shape index (κ3) is 3.86. The molecule has 4 rings (SSSR count). The summed E-state index contributed by atoms with van der Waals surface area (Å²) in [7, 11) is 3.09. The Hall–Kier alpha value is -3.75. The molecule has 1 N–H and O–H groups in total. The topological polar surface area (TPSA) is 100 Å². The first kappa shape index (κ1) is 20.5. The highest BCUT2D eigenvalue weighted by Crippen LogP contribution is 2.29. The summed E-state index contributed by atoms with van der Waals surface area (Å²) in [5, 5.41) is 7.34. The van der Waals surface area contributed by atoms with Crippen LogP contribution in [-0.2, 0) is 17.8 Å². The third-order valence-electron chi connectivity index (χ3n) is 5.13. The zero-order valence-electron chi connectivity index (χ0n) is 17.7. The Morgan fingerprint density at radius 2 is 1.94 bits per heavy atom. The predicted octanol–water partition coefficient (Wildman–Crippen LogP) is 3.24. The minimum atomic E-state index is -0.205. The number of hydrogen-bond donors (Lipinski definition) is 1. The molecule has 3 aromatic heterocycles. The van der Waals surface area contributed by atoms with Gasteiger partial charge in [-0.15, -0.1) is 0 Å². The first-order valence-corrected chi connectivity index (χ1v) is 10.1. The van der Waals surface area contributed by atoms with E-state index in [0.717, 1.165) is 11.3 Å². The Labute approximate surface area is 178 Å². The van der Waals surface area contributed by atoms with Crippen LogP contribution in [0.3, 0.4) is 0 Å².